The Labute approximate surface area is 115 Å². The highest BCUT2D eigenvalue weighted by molar-refractivity contribution is 7.89. The smallest absolute Gasteiger partial charge is 0.240 e. The topological polar surface area (TPSA) is 63.2 Å². The van der Waals surface area contributed by atoms with Gasteiger partial charge in [0.05, 0.1) is 4.90 Å². The molecule has 0 aliphatic heterocycles. The average molecular weight is 283 g/mol. The SMILES string of the molecule is CCC(NS(=O)(=O)c1ccc(C(C)=O)cc1)C(C)C. The third-order valence-corrected chi connectivity index (χ3v) is 4.63. The molecular weight excluding hydrogens is 262 g/mol. The van der Waals surface area contributed by atoms with E-state index in [1.807, 2.05) is 20.8 Å². The molecule has 0 saturated heterocycles. The lowest BCUT2D eigenvalue weighted by Gasteiger charge is -2.20. The lowest BCUT2D eigenvalue weighted by molar-refractivity contribution is 0.101. The zero-order valence-corrected chi connectivity index (χ0v) is 12.6. The second-order valence-corrected chi connectivity index (χ2v) is 6.67. The minimum atomic E-state index is -3.52. The van der Waals surface area contributed by atoms with Gasteiger partial charge in [0.25, 0.3) is 0 Å². The van der Waals surface area contributed by atoms with E-state index in [-0.39, 0.29) is 22.6 Å². The van der Waals surface area contributed by atoms with E-state index in [9.17, 15) is 13.2 Å². The van der Waals surface area contributed by atoms with E-state index in [0.29, 0.717) is 5.56 Å². The minimum Gasteiger partial charge on any atom is -0.295 e. The standard InChI is InChI=1S/C14H21NO3S/c1-5-14(10(2)3)15-19(17,18)13-8-6-12(7-9-13)11(4)16/h6-10,14-15H,5H2,1-4H3. The number of nitrogens with one attached hydrogen (secondary N) is 1. The maximum Gasteiger partial charge on any atom is 0.240 e. The molecule has 0 radical (unpaired) electrons. The Balaban J connectivity index is 2.97. The zero-order valence-electron chi connectivity index (χ0n) is 11.8. The van der Waals surface area contributed by atoms with Gasteiger partial charge in [-0.3, -0.25) is 4.79 Å². The predicted molar refractivity (Wildman–Crippen MR) is 75.7 cm³/mol. The molecule has 0 saturated carbocycles. The van der Waals surface area contributed by atoms with E-state index in [1.54, 1.807) is 0 Å². The van der Waals surface area contributed by atoms with Gasteiger partial charge in [0.1, 0.15) is 0 Å². The fraction of sp³-hybridized carbons (Fsp3) is 0.500. The van der Waals surface area contributed by atoms with Crippen molar-refractivity contribution in [3.05, 3.63) is 29.8 Å². The number of carbonyl (C=O) groups excluding carboxylic acids is 1. The molecule has 0 heterocycles. The fourth-order valence-corrected chi connectivity index (χ4v) is 3.29. The Morgan fingerprint density at radius 2 is 1.74 bits per heavy atom. The van der Waals surface area contributed by atoms with Crippen LogP contribution in [0, 0.1) is 5.92 Å². The molecule has 1 unspecified atom stereocenters. The summed E-state index contributed by atoms with van der Waals surface area (Å²) in [7, 11) is -3.52. The average Bonchev–Trinajstić information content (AvgIpc) is 2.35. The highest BCUT2D eigenvalue weighted by Crippen LogP contribution is 2.14. The molecule has 0 aliphatic rings. The van der Waals surface area contributed by atoms with Gasteiger partial charge < -0.3 is 0 Å². The van der Waals surface area contributed by atoms with E-state index < -0.39 is 10.0 Å². The summed E-state index contributed by atoms with van der Waals surface area (Å²) in [6.07, 6.45) is 0.739. The maximum absolute atomic E-state index is 12.2. The third-order valence-electron chi connectivity index (χ3n) is 3.12. The number of hydrogen-bond donors (Lipinski definition) is 1. The molecule has 0 amide bonds. The molecule has 1 aromatic rings. The largest absolute Gasteiger partial charge is 0.295 e. The highest BCUT2D eigenvalue weighted by atomic mass is 32.2. The molecule has 5 heteroatoms. The van der Waals surface area contributed by atoms with Gasteiger partial charge in [0.15, 0.2) is 5.78 Å². The molecule has 0 aliphatic carbocycles. The monoisotopic (exact) mass is 283 g/mol. The summed E-state index contributed by atoms with van der Waals surface area (Å²) in [5, 5.41) is 0. The highest BCUT2D eigenvalue weighted by Gasteiger charge is 2.21. The molecule has 4 nitrogen and oxygen atoms in total. The van der Waals surface area contributed by atoms with Crippen molar-refractivity contribution in [1.82, 2.24) is 4.72 Å². The van der Waals surface area contributed by atoms with E-state index >= 15 is 0 Å². The van der Waals surface area contributed by atoms with Gasteiger partial charge >= 0.3 is 0 Å². The minimum absolute atomic E-state index is 0.0782. The van der Waals surface area contributed by atoms with E-state index in [0.717, 1.165) is 6.42 Å². The first kappa shape index (κ1) is 15.9. The van der Waals surface area contributed by atoms with Gasteiger partial charge in [-0.15, -0.1) is 0 Å². The molecule has 0 aromatic heterocycles. The van der Waals surface area contributed by atoms with Gasteiger partial charge in [-0.05, 0) is 31.4 Å². The molecule has 19 heavy (non-hydrogen) atoms. The van der Waals surface area contributed by atoms with E-state index in [4.69, 9.17) is 0 Å². The van der Waals surface area contributed by atoms with Crippen LogP contribution in [0.2, 0.25) is 0 Å². The van der Waals surface area contributed by atoms with Crippen molar-refractivity contribution < 1.29 is 13.2 Å². The number of carbonyl (C=O) groups is 1. The number of ketones is 1. The van der Waals surface area contributed by atoms with Crippen molar-refractivity contribution in [3.63, 3.8) is 0 Å². The van der Waals surface area contributed by atoms with Crippen LogP contribution in [-0.2, 0) is 10.0 Å². The summed E-state index contributed by atoms with van der Waals surface area (Å²) in [4.78, 5) is 11.3. The van der Waals surface area contributed by atoms with E-state index in [1.165, 1.54) is 31.2 Å². The van der Waals surface area contributed by atoms with Crippen LogP contribution in [0.4, 0.5) is 0 Å². The summed E-state index contributed by atoms with van der Waals surface area (Å²) in [5.41, 5.74) is 0.509. The third kappa shape index (κ3) is 4.14. The van der Waals surface area contributed by atoms with Crippen LogP contribution in [0.15, 0.2) is 29.2 Å². The lowest BCUT2D eigenvalue weighted by atomic mass is 10.0. The van der Waals surface area contributed by atoms with Crippen LogP contribution in [0.25, 0.3) is 0 Å². The molecule has 1 rings (SSSR count). The molecule has 0 bridgehead atoms. The van der Waals surface area contributed by atoms with Gasteiger partial charge in [-0.2, -0.15) is 0 Å². The molecule has 0 spiro atoms. The fourth-order valence-electron chi connectivity index (χ4n) is 1.83. The number of hydrogen-bond acceptors (Lipinski definition) is 3. The van der Waals surface area contributed by atoms with Crippen LogP contribution >= 0.6 is 0 Å². The van der Waals surface area contributed by atoms with Gasteiger partial charge in [-0.25, -0.2) is 13.1 Å². The summed E-state index contributed by atoms with van der Waals surface area (Å²) in [6.45, 7) is 7.37. The zero-order chi connectivity index (χ0) is 14.6. The molecular formula is C14H21NO3S. The van der Waals surface area contributed by atoms with Gasteiger partial charge in [0, 0.05) is 11.6 Å². The first-order valence-corrected chi connectivity index (χ1v) is 7.89. The maximum atomic E-state index is 12.2. The Kier molecular flexibility index (Phi) is 5.26. The Morgan fingerprint density at radius 1 is 1.21 bits per heavy atom. The quantitative estimate of drug-likeness (QED) is 0.816. The Morgan fingerprint density at radius 3 is 2.11 bits per heavy atom. The van der Waals surface area contributed by atoms with Crippen LogP contribution in [0.1, 0.15) is 44.5 Å². The van der Waals surface area contributed by atoms with Crippen molar-refractivity contribution in [2.75, 3.05) is 0 Å². The predicted octanol–water partition coefficient (Wildman–Crippen LogP) is 2.60. The molecule has 0 fully saturated rings. The molecule has 1 aromatic carbocycles. The van der Waals surface area contributed by atoms with Crippen molar-refractivity contribution >= 4 is 15.8 Å². The van der Waals surface area contributed by atoms with Crippen molar-refractivity contribution in [2.24, 2.45) is 5.92 Å². The number of sulfonamides is 1. The molecule has 106 valence electrons. The normalized spacial score (nSPS) is 13.5. The number of benzene rings is 1. The van der Waals surface area contributed by atoms with Crippen molar-refractivity contribution in [1.29, 1.82) is 0 Å². The van der Waals surface area contributed by atoms with Gasteiger partial charge in [0.2, 0.25) is 10.0 Å². The number of Topliss-reactive ketones (excluding diaryl/α,β-unsaturated/α-hetero) is 1. The van der Waals surface area contributed by atoms with Crippen LogP contribution in [-0.4, -0.2) is 20.2 Å². The Hall–Kier alpha value is -1.20. The van der Waals surface area contributed by atoms with Crippen molar-refractivity contribution in [3.8, 4) is 0 Å². The Bertz CT molecular complexity index is 532. The van der Waals surface area contributed by atoms with Crippen LogP contribution in [0.5, 0.6) is 0 Å². The van der Waals surface area contributed by atoms with Crippen molar-refractivity contribution in [2.45, 2.75) is 45.1 Å². The summed E-state index contributed by atoms with van der Waals surface area (Å²) in [6, 6.07) is 5.91. The van der Waals surface area contributed by atoms with E-state index in [2.05, 4.69) is 4.72 Å². The second-order valence-electron chi connectivity index (χ2n) is 4.96. The summed E-state index contributed by atoms with van der Waals surface area (Å²) < 4.78 is 27.1. The molecule has 1 N–H and O–H groups in total. The second kappa shape index (κ2) is 6.30. The lowest BCUT2D eigenvalue weighted by Crippen LogP contribution is -2.37. The van der Waals surface area contributed by atoms with Crippen LogP contribution < -0.4 is 4.72 Å². The summed E-state index contributed by atoms with van der Waals surface area (Å²) in [5.74, 6) is 0.154. The van der Waals surface area contributed by atoms with Crippen LogP contribution in [0.3, 0.4) is 0 Å². The first-order valence-electron chi connectivity index (χ1n) is 6.41. The number of rotatable bonds is 6. The molecule has 1 atom stereocenters. The first-order chi connectivity index (χ1) is 8.77. The van der Waals surface area contributed by atoms with Gasteiger partial charge in [-0.1, -0.05) is 32.9 Å². The summed E-state index contributed by atoms with van der Waals surface area (Å²) >= 11 is 0.